The maximum atomic E-state index is 10.2. The molecule has 0 aromatic heterocycles. The molecule has 0 heterocycles. The van der Waals surface area contributed by atoms with E-state index in [1.54, 1.807) is 0 Å². The number of ketones is 1. The summed E-state index contributed by atoms with van der Waals surface area (Å²) in [5.74, 6) is 0.0958. The summed E-state index contributed by atoms with van der Waals surface area (Å²) in [4.78, 5) is 10.2. The van der Waals surface area contributed by atoms with Crippen LogP contribution in [0.15, 0.2) is 24.3 Å². The Bertz CT molecular complexity index is 267. The van der Waals surface area contributed by atoms with Crippen LogP contribution in [0.1, 0.15) is 45.2 Å². The lowest BCUT2D eigenvalue weighted by Gasteiger charge is -1.95. The van der Waals surface area contributed by atoms with E-state index in [1.807, 2.05) is 20.8 Å². The van der Waals surface area contributed by atoms with E-state index in [2.05, 4.69) is 38.1 Å². The number of hydrogen-bond donors (Lipinski definition) is 0. The summed E-state index contributed by atoms with van der Waals surface area (Å²) in [5.41, 5.74) is 2.66. The van der Waals surface area contributed by atoms with Crippen LogP contribution in [-0.2, 0) is 9.53 Å². The average Bonchev–Trinajstić information content (AvgIpc) is 2.36. The van der Waals surface area contributed by atoms with Crippen molar-refractivity contribution in [3.05, 3.63) is 35.4 Å². The van der Waals surface area contributed by atoms with Gasteiger partial charge in [0.1, 0.15) is 6.61 Å². The zero-order chi connectivity index (χ0) is 14.4. The van der Waals surface area contributed by atoms with Crippen molar-refractivity contribution < 1.29 is 9.53 Å². The van der Waals surface area contributed by atoms with Crippen molar-refractivity contribution in [2.45, 2.75) is 48.0 Å². The summed E-state index contributed by atoms with van der Waals surface area (Å²) in [6, 6.07) is 8.48. The summed E-state index contributed by atoms with van der Waals surface area (Å²) in [6.45, 7) is 12.7. The fourth-order valence-corrected chi connectivity index (χ4v) is 0.997. The third kappa shape index (κ3) is 14.9. The number of hydrogen-bond acceptors (Lipinski definition) is 2. The van der Waals surface area contributed by atoms with Crippen LogP contribution in [-0.4, -0.2) is 19.0 Å². The van der Waals surface area contributed by atoms with Crippen LogP contribution in [0.5, 0.6) is 0 Å². The van der Waals surface area contributed by atoms with Crippen molar-refractivity contribution in [1.82, 2.24) is 0 Å². The molecule has 0 aliphatic carbocycles. The van der Waals surface area contributed by atoms with Crippen LogP contribution < -0.4 is 0 Å². The normalized spacial score (nSPS) is 8.56. The van der Waals surface area contributed by atoms with E-state index in [9.17, 15) is 4.79 Å². The first-order valence-corrected chi connectivity index (χ1v) is 6.66. The van der Waals surface area contributed by atoms with Gasteiger partial charge < -0.3 is 4.74 Å². The molecule has 0 fully saturated rings. The van der Waals surface area contributed by atoms with Crippen LogP contribution in [0, 0.1) is 13.8 Å². The summed E-state index contributed by atoms with van der Waals surface area (Å²) in [7, 11) is 0. The lowest BCUT2D eigenvalue weighted by Crippen LogP contribution is -2.03. The van der Waals surface area contributed by atoms with Crippen molar-refractivity contribution in [3.63, 3.8) is 0 Å². The molecule has 2 heteroatoms. The highest BCUT2D eigenvalue weighted by Gasteiger charge is 1.88. The Morgan fingerprint density at radius 2 is 1.44 bits per heavy atom. The molecule has 1 aromatic carbocycles. The second-order valence-electron chi connectivity index (χ2n) is 3.91. The highest BCUT2D eigenvalue weighted by Crippen LogP contribution is 1.99. The van der Waals surface area contributed by atoms with Crippen molar-refractivity contribution in [1.29, 1.82) is 0 Å². The zero-order valence-electron chi connectivity index (χ0n) is 12.7. The molecular weight excluding hydrogens is 224 g/mol. The maximum Gasteiger partial charge on any atom is 0.155 e. The maximum absolute atomic E-state index is 10.2. The molecule has 2 nitrogen and oxygen atoms in total. The molecular formula is C16H28O2. The van der Waals surface area contributed by atoms with Crippen LogP contribution >= 0.6 is 0 Å². The molecule has 0 aliphatic heterocycles. The largest absolute Gasteiger partial charge is 0.374 e. The SMILES string of the molecule is CC.CCCOCC(C)=O.Cc1ccc(C)cc1. The van der Waals surface area contributed by atoms with Gasteiger partial charge in [0.25, 0.3) is 0 Å². The average molecular weight is 252 g/mol. The van der Waals surface area contributed by atoms with E-state index in [4.69, 9.17) is 4.74 Å². The molecule has 0 aliphatic rings. The van der Waals surface area contributed by atoms with Gasteiger partial charge in [-0.1, -0.05) is 56.2 Å². The molecule has 0 saturated carbocycles. The third-order valence-electron chi connectivity index (χ3n) is 1.87. The van der Waals surface area contributed by atoms with Crippen LogP contribution in [0.4, 0.5) is 0 Å². The standard InChI is InChI=1S/C8H10.C6H12O2.C2H6/c1-7-3-5-8(2)6-4-7;1-3-4-8-5-6(2)7;1-2/h3-6H,1-2H3;3-5H2,1-2H3;1-2H3. The Kier molecular flexibility index (Phi) is 14.8. The fourth-order valence-electron chi connectivity index (χ4n) is 0.997. The van der Waals surface area contributed by atoms with Gasteiger partial charge in [0.05, 0.1) is 0 Å². The van der Waals surface area contributed by atoms with E-state index >= 15 is 0 Å². The second kappa shape index (κ2) is 13.9. The summed E-state index contributed by atoms with van der Waals surface area (Å²) < 4.78 is 4.89. The second-order valence-corrected chi connectivity index (χ2v) is 3.91. The number of ether oxygens (including phenoxy) is 1. The molecule has 104 valence electrons. The van der Waals surface area contributed by atoms with Gasteiger partial charge in [0.15, 0.2) is 5.78 Å². The van der Waals surface area contributed by atoms with Crippen molar-refractivity contribution in [2.24, 2.45) is 0 Å². The number of aryl methyl sites for hydroxylation is 2. The zero-order valence-corrected chi connectivity index (χ0v) is 12.7. The number of carbonyl (C=O) groups excluding carboxylic acids is 1. The first-order valence-electron chi connectivity index (χ1n) is 6.66. The molecule has 0 atom stereocenters. The number of carbonyl (C=O) groups is 1. The van der Waals surface area contributed by atoms with Gasteiger partial charge >= 0.3 is 0 Å². The molecule has 0 unspecified atom stereocenters. The van der Waals surface area contributed by atoms with E-state index in [-0.39, 0.29) is 12.4 Å². The van der Waals surface area contributed by atoms with Gasteiger partial charge in [-0.3, -0.25) is 4.79 Å². The van der Waals surface area contributed by atoms with E-state index in [0.717, 1.165) is 6.42 Å². The van der Waals surface area contributed by atoms with E-state index < -0.39 is 0 Å². The molecule has 0 radical (unpaired) electrons. The monoisotopic (exact) mass is 252 g/mol. The number of benzene rings is 1. The summed E-state index contributed by atoms with van der Waals surface area (Å²) in [5, 5.41) is 0. The topological polar surface area (TPSA) is 26.3 Å². The Morgan fingerprint density at radius 1 is 1.06 bits per heavy atom. The Balaban J connectivity index is 0. The summed E-state index contributed by atoms with van der Waals surface area (Å²) >= 11 is 0. The number of rotatable bonds is 4. The lowest BCUT2D eigenvalue weighted by molar-refractivity contribution is -0.121. The summed E-state index contributed by atoms with van der Waals surface area (Å²) in [6.07, 6.45) is 0.979. The first kappa shape index (κ1) is 19.2. The molecule has 0 saturated heterocycles. The molecule has 0 amide bonds. The Labute approximate surface area is 112 Å². The minimum absolute atomic E-state index is 0.0958. The van der Waals surface area contributed by atoms with Crippen LogP contribution in [0.2, 0.25) is 0 Å². The molecule has 18 heavy (non-hydrogen) atoms. The molecule has 0 bridgehead atoms. The molecule has 1 aromatic rings. The third-order valence-corrected chi connectivity index (χ3v) is 1.87. The Hall–Kier alpha value is -1.15. The van der Waals surface area contributed by atoms with E-state index in [1.165, 1.54) is 18.1 Å². The van der Waals surface area contributed by atoms with Crippen molar-refractivity contribution in [3.8, 4) is 0 Å². The van der Waals surface area contributed by atoms with Gasteiger partial charge in [0, 0.05) is 6.61 Å². The predicted octanol–water partition coefficient (Wildman–Crippen LogP) is 4.33. The fraction of sp³-hybridized carbons (Fsp3) is 0.562. The minimum Gasteiger partial charge on any atom is -0.374 e. The van der Waals surface area contributed by atoms with Crippen LogP contribution in [0.25, 0.3) is 0 Å². The van der Waals surface area contributed by atoms with Crippen molar-refractivity contribution >= 4 is 5.78 Å². The molecule has 0 spiro atoms. The van der Waals surface area contributed by atoms with Gasteiger partial charge in [-0.15, -0.1) is 0 Å². The van der Waals surface area contributed by atoms with Gasteiger partial charge in [-0.25, -0.2) is 0 Å². The van der Waals surface area contributed by atoms with Gasteiger partial charge in [-0.05, 0) is 27.2 Å². The highest BCUT2D eigenvalue weighted by molar-refractivity contribution is 5.76. The van der Waals surface area contributed by atoms with Crippen LogP contribution in [0.3, 0.4) is 0 Å². The lowest BCUT2D eigenvalue weighted by atomic mass is 10.2. The Morgan fingerprint density at radius 3 is 1.72 bits per heavy atom. The molecule has 1 rings (SSSR count). The minimum atomic E-state index is 0.0958. The van der Waals surface area contributed by atoms with Crippen molar-refractivity contribution in [2.75, 3.05) is 13.2 Å². The van der Waals surface area contributed by atoms with Gasteiger partial charge in [0.2, 0.25) is 0 Å². The number of Topliss-reactive ketones (excluding diaryl/α,β-unsaturated/α-hetero) is 1. The molecule has 0 N–H and O–H groups in total. The smallest absolute Gasteiger partial charge is 0.155 e. The van der Waals surface area contributed by atoms with E-state index in [0.29, 0.717) is 6.61 Å². The first-order chi connectivity index (χ1) is 8.56. The predicted molar refractivity (Wildman–Crippen MR) is 79.1 cm³/mol. The highest BCUT2D eigenvalue weighted by atomic mass is 16.5. The van der Waals surface area contributed by atoms with Gasteiger partial charge in [-0.2, -0.15) is 0 Å². The quantitative estimate of drug-likeness (QED) is 0.745.